The number of aromatic nitrogens is 4. The van der Waals surface area contributed by atoms with Gasteiger partial charge in [0, 0.05) is 32.5 Å². The maximum Gasteiger partial charge on any atom is 0.223 e. The summed E-state index contributed by atoms with van der Waals surface area (Å²) in [6.07, 6.45) is 6.06. The highest BCUT2D eigenvalue weighted by atomic mass is 16.4. The van der Waals surface area contributed by atoms with Crippen molar-refractivity contribution in [1.29, 1.82) is 0 Å². The smallest absolute Gasteiger partial charge is 0.223 e. The van der Waals surface area contributed by atoms with Gasteiger partial charge in [0.25, 0.3) is 0 Å². The number of nitrogens with zero attached hydrogens (tertiary/aromatic N) is 5. The minimum Gasteiger partial charge on any atom is -0.425 e. The molecule has 0 fully saturated rings. The number of aryl methyl sites for hydroxylation is 3. The molecular weight excluding hydrogens is 366 g/mol. The van der Waals surface area contributed by atoms with Crippen LogP contribution in [0, 0.1) is 0 Å². The van der Waals surface area contributed by atoms with Crippen molar-refractivity contribution in [3.8, 4) is 0 Å². The Bertz CT molecular complexity index is 1090. The number of carbonyl (C=O) groups excluding carboxylic acids is 1. The average Bonchev–Trinajstić information content (AvgIpc) is 3.38. The van der Waals surface area contributed by atoms with Crippen LogP contribution < -0.4 is 0 Å². The Kier molecular flexibility index (Phi) is 5.65. The lowest BCUT2D eigenvalue weighted by atomic mass is 10.1. The molecule has 7 heteroatoms. The van der Waals surface area contributed by atoms with Crippen LogP contribution in [0.3, 0.4) is 0 Å². The van der Waals surface area contributed by atoms with Gasteiger partial charge in [-0.15, -0.1) is 10.2 Å². The molecule has 0 saturated heterocycles. The summed E-state index contributed by atoms with van der Waals surface area (Å²) in [7, 11) is 1.80. The highest BCUT2D eigenvalue weighted by molar-refractivity contribution is 5.76. The summed E-state index contributed by atoms with van der Waals surface area (Å²) in [5.74, 6) is 1.14. The van der Waals surface area contributed by atoms with Crippen LogP contribution in [0.25, 0.3) is 5.65 Å². The number of amides is 1. The number of pyridine rings is 1. The van der Waals surface area contributed by atoms with Crippen LogP contribution in [0.5, 0.6) is 0 Å². The number of hydrogen-bond acceptors (Lipinski definition) is 5. The highest BCUT2D eigenvalue weighted by Gasteiger charge is 2.14. The van der Waals surface area contributed by atoms with E-state index in [0.29, 0.717) is 37.6 Å². The van der Waals surface area contributed by atoms with E-state index in [1.807, 2.05) is 47.0 Å². The second-order valence-corrected chi connectivity index (χ2v) is 7.00. The Morgan fingerprint density at radius 2 is 1.76 bits per heavy atom. The molecule has 148 valence electrons. The maximum atomic E-state index is 12.5. The first-order valence-corrected chi connectivity index (χ1v) is 9.69. The molecule has 7 nitrogen and oxygen atoms in total. The number of benzene rings is 1. The van der Waals surface area contributed by atoms with Gasteiger partial charge in [-0.05, 0) is 24.1 Å². The minimum atomic E-state index is 0.0277. The summed E-state index contributed by atoms with van der Waals surface area (Å²) in [6.45, 7) is 0.496. The van der Waals surface area contributed by atoms with Crippen molar-refractivity contribution in [3.63, 3.8) is 0 Å². The lowest BCUT2D eigenvalue weighted by molar-refractivity contribution is -0.130. The van der Waals surface area contributed by atoms with Crippen LogP contribution in [0.2, 0.25) is 0 Å². The molecule has 0 unspecified atom stereocenters. The fourth-order valence-electron chi connectivity index (χ4n) is 3.22. The lowest BCUT2D eigenvalue weighted by Crippen LogP contribution is -2.27. The van der Waals surface area contributed by atoms with E-state index in [-0.39, 0.29) is 5.91 Å². The third kappa shape index (κ3) is 4.68. The summed E-state index contributed by atoms with van der Waals surface area (Å²) < 4.78 is 7.68. The van der Waals surface area contributed by atoms with E-state index in [2.05, 4.69) is 27.3 Å². The molecule has 0 atom stereocenters. The number of fused-ring (bicyclic) bond motifs is 1. The molecule has 4 rings (SSSR count). The Hall–Kier alpha value is -3.48. The van der Waals surface area contributed by atoms with Crippen LogP contribution in [0.1, 0.15) is 29.5 Å². The molecule has 0 spiro atoms. The van der Waals surface area contributed by atoms with E-state index < -0.39 is 0 Å². The molecule has 0 aliphatic rings. The molecular formula is C22H23N5O2. The van der Waals surface area contributed by atoms with Gasteiger partial charge in [0.05, 0.1) is 18.4 Å². The van der Waals surface area contributed by atoms with E-state index >= 15 is 0 Å². The van der Waals surface area contributed by atoms with Gasteiger partial charge in [-0.25, -0.2) is 4.98 Å². The Balaban J connectivity index is 1.27. The summed E-state index contributed by atoms with van der Waals surface area (Å²) in [4.78, 5) is 18.6. The molecule has 0 saturated carbocycles. The van der Waals surface area contributed by atoms with Crippen LogP contribution in [-0.2, 0) is 30.6 Å². The number of imidazole rings is 1. The molecule has 4 aromatic rings. The van der Waals surface area contributed by atoms with Gasteiger partial charge in [0.15, 0.2) is 0 Å². The van der Waals surface area contributed by atoms with Crippen LogP contribution >= 0.6 is 0 Å². The second kappa shape index (κ2) is 8.68. The van der Waals surface area contributed by atoms with Crippen LogP contribution in [0.4, 0.5) is 0 Å². The molecule has 1 amide bonds. The molecule has 29 heavy (non-hydrogen) atoms. The van der Waals surface area contributed by atoms with Gasteiger partial charge in [0.1, 0.15) is 5.65 Å². The van der Waals surface area contributed by atoms with Crippen LogP contribution in [-0.4, -0.2) is 37.4 Å². The Morgan fingerprint density at radius 1 is 1.00 bits per heavy atom. The maximum absolute atomic E-state index is 12.5. The summed E-state index contributed by atoms with van der Waals surface area (Å²) in [5, 5.41) is 8.17. The van der Waals surface area contributed by atoms with E-state index in [0.717, 1.165) is 17.8 Å². The third-order valence-electron chi connectivity index (χ3n) is 4.85. The quantitative estimate of drug-likeness (QED) is 0.463. The number of carbonyl (C=O) groups is 1. The highest BCUT2D eigenvalue weighted by Crippen LogP contribution is 2.11. The van der Waals surface area contributed by atoms with Crippen molar-refractivity contribution in [3.05, 3.63) is 84.0 Å². The van der Waals surface area contributed by atoms with Crippen molar-refractivity contribution >= 4 is 11.6 Å². The second-order valence-electron chi connectivity index (χ2n) is 7.00. The molecule has 0 aliphatic carbocycles. The fourth-order valence-corrected chi connectivity index (χ4v) is 3.22. The van der Waals surface area contributed by atoms with Crippen molar-refractivity contribution in [2.45, 2.75) is 32.2 Å². The van der Waals surface area contributed by atoms with Gasteiger partial charge in [0.2, 0.25) is 17.7 Å². The molecule has 0 aliphatic heterocycles. The zero-order valence-electron chi connectivity index (χ0n) is 16.4. The van der Waals surface area contributed by atoms with Gasteiger partial charge in [-0.1, -0.05) is 36.4 Å². The Labute approximate surface area is 169 Å². The molecule has 0 N–H and O–H groups in total. The number of rotatable bonds is 8. The SMILES string of the molecule is CN(Cc1cnc2ccccn12)C(=O)CCc1nnc(CCc2ccccc2)o1. The fraction of sp³-hybridized carbons (Fsp3) is 0.273. The molecule has 3 heterocycles. The van der Waals surface area contributed by atoms with Crippen molar-refractivity contribution < 1.29 is 9.21 Å². The molecule has 0 radical (unpaired) electrons. The normalized spacial score (nSPS) is 11.1. The average molecular weight is 389 g/mol. The number of hydrogen-bond donors (Lipinski definition) is 0. The molecule has 1 aromatic carbocycles. The van der Waals surface area contributed by atoms with Gasteiger partial charge < -0.3 is 13.7 Å². The first-order valence-electron chi connectivity index (χ1n) is 9.69. The third-order valence-corrected chi connectivity index (χ3v) is 4.85. The summed E-state index contributed by atoms with van der Waals surface area (Å²) in [6, 6.07) is 16.0. The van der Waals surface area contributed by atoms with Gasteiger partial charge >= 0.3 is 0 Å². The van der Waals surface area contributed by atoms with E-state index in [4.69, 9.17) is 4.42 Å². The first kappa shape index (κ1) is 18.9. The van der Waals surface area contributed by atoms with E-state index in [1.165, 1.54) is 5.56 Å². The summed E-state index contributed by atoms with van der Waals surface area (Å²) >= 11 is 0. The standard InChI is InChI=1S/C22H23N5O2/c1-26(16-18-15-23-19-9-5-6-14-27(18)19)22(28)13-12-21-25-24-20(29-21)11-10-17-7-3-2-4-8-17/h2-9,14-15H,10-13,16H2,1H3. The van der Waals surface area contributed by atoms with Crippen molar-refractivity contribution in [2.24, 2.45) is 0 Å². The van der Waals surface area contributed by atoms with E-state index in [1.54, 1.807) is 18.1 Å². The predicted octanol–water partition coefficient (Wildman–Crippen LogP) is 3.09. The molecule has 3 aromatic heterocycles. The van der Waals surface area contributed by atoms with E-state index in [9.17, 15) is 4.79 Å². The predicted molar refractivity (Wildman–Crippen MR) is 108 cm³/mol. The van der Waals surface area contributed by atoms with Crippen molar-refractivity contribution in [1.82, 2.24) is 24.5 Å². The van der Waals surface area contributed by atoms with Gasteiger partial charge in [-0.2, -0.15) is 0 Å². The largest absolute Gasteiger partial charge is 0.425 e. The van der Waals surface area contributed by atoms with Crippen LogP contribution in [0.15, 0.2) is 65.3 Å². The summed E-state index contributed by atoms with van der Waals surface area (Å²) in [5.41, 5.74) is 3.08. The van der Waals surface area contributed by atoms with Gasteiger partial charge in [-0.3, -0.25) is 4.79 Å². The minimum absolute atomic E-state index is 0.0277. The Morgan fingerprint density at radius 3 is 2.59 bits per heavy atom. The zero-order chi connectivity index (χ0) is 20.1. The topological polar surface area (TPSA) is 76.5 Å². The molecule has 0 bridgehead atoms. The first-order chi connectivity index (χ1) is 14.2. The zero-order valence-corrected chi connectivity index (χ0v) is 16.4. The van der Waals surface area contributed by atoms with Crippen molar-refractivity contribution in [2.75, 3.05) is 7.05 Å². The monoisotopic (exact) mass is 389 g/mol. The lowest BCUT2D eigenvalue weighted by Gasteiger charge is -2.16.